The largest absolute Gasteiger partial charge is 0.345 e. The monoisotopic (exact) mass is 239 g/mol. The zero-order chi connectivity index (χ0) is 12.7. The number of hydrogen-bond donors (Lipinski definition) is 2. The highest BCUT2D eigenvalue weighted by atomic mass is 16.3. The Labute approximate surface area is 105 Å². The van der Waals surface area contributed by atoms with Crippen molar-refractivity contribution in [2.45, 2.75) is 58.8 Å². The molecule has 3 heteroatoms. The number of aliphatic hydroxyl groups is 1. The first kappa shape index (κ1) is 14.3. The summed E-state index contributed by atoms with van der Waals surface area (Å²) in [6.45, 7) is 7.10. The van der Waals surface area contributed by atoms with Gasteiger partial charge in [0.25, 0.3) is 0 Å². The average Bonchev–Trinajstić information content (AvgIpc) is 2.73. The quantitative estimate of drug-likeness (QED) is 0.407. The Morgan fingerprint density at radius 1 is 1.41 bits per heavy atom. The molecule has 0 aromatic heterocycles. The fourth-order valence-electron chi connectivity index (χ4n) is 2.55. The van der Waals surface area contributed by atoms with Crippen LogP contribution in [0.3, 0.4) is 0 Å². The number of nitrogens with one attached hydrogen (secondary N) is 1. The minimum atomic E-state index is -0.345. The van der Waals surface area contributed by atoms with Crippen LogP contribution in [0.25, 0.3) is 0 Å². The predicted octanol–water partition coefficient (Wildman–Crippen LogP) is 2.70. The van der Waals surface area contributed by atoms with Gasteiger partial charge in [-0.1, -0.05) is 19.1 Å². The molecule has 98 valence electrons. The minimum Gasteiger partial charge on any atom is -0.345 e. The summed E-state index contributed by atoms with van der Waals surface area (Å²) >= 11 is 0. The maximum Gasteiger partial charge on any atom is 0.193 e. The van der Waals surface area contributed by atoms with E-state index in [1.165, 1.54) is 6.42 Å². The van der Waals surface area contributed by atoms with E-state index in [1.807, 2.05) is 13.1 Å². The minimum absolute atomic E-state index is 0.329. The Balaban J connectivity index is 2.45. The van der Waals surface area contributed by atoms with Gasteiger partial charge in [-0.05, 0) is 26.2 Å². The van der Waals surface area contributed by atoms with Gasteiger partial charge in [-0.15, -0.1) is 0 Å². The van der Waals surface area contributed by atoms with Crippen LogP contribution in [0.4, 0.5) is 0 Å². The molecule has 0 aliphatic carbocycles. The molecule has 0 fully saturated rings. The van der Waals surface area contributed by atoms with E-state index in [0.717, 1.165) is 25.8 Å². The van der Waals surface area contributed by atoms with Gasteiger partial charge in [0.2, 0.25) is 0 Å². The molecule has 0 amide bonds. The van der Waals surface area contributed by atoms with E-state index in [0.29, 0.717) is 10.6 Å². The Morgan fingerprint density at radius 2 is 2.18 bits per heavy atom. The van der Waals surface area contributed by atoms with E-state index in [4.69, 9.17) is 0 Å². The van der Waals surface area contributed by atoms with Crippen molar-refractivity contribution in [3.63, 3.8) is 0 Å². The maximum atomic E-state index is 9.98. The van der Waals surface area contributed by atoms with Crippen LogP contribution >= 0.6 is 0 Å². The molecule has 0 spiro atoms. The van der Waals surface area contributed by atoms with Crippen LogP contribution in [0.15, 0.2) is 24.6 Å². The van der Waals surface area contributed by atoms with Crippen LogP contribution < -0.4 is 5.32 Å². The topological polar surface area (TPSA) is 32.3 Å². The van der Waals surface area contributed by atoms with Crippen LogP contribution in [-0.2, 0) is 0 Å². The molecule has 3 unspecified atom stereocenters. The van der Waals surface area contributed by atoms with Gasteiger partial charge >= 0.3 is 0 Å². The molecule has 3 atom stereocenters. The number of hydrogen-bond acceptors (Lipinski definition) is 2. The second kappa shape index (κ2) is 6.82. The third-order valence-corrected chi connectivity index (χ3v) is 3.72. The number of allylic oxidation sites excluding steroid dienone is 2. The number of aliphatic hydroxyl groups excluding tert-OH is 1. The molecule has 0 saturated carbocycles. The number of quaternary nitrogens is 1. The summed E-state index contributed by atoms with van der Waals surface area (Å²) in [5.74, 6) is 0. The first-order valence-electron chi connectivity index (χ1n) is 6.81. The zero-order valence-corrected chi connectivity index (χ0v) is 11.4. The number of unbranched alkanes of at least 4 members (excludes halogenated alkanes) is 1. The SMILES string of the molecule is CC/C=C/CCCC1NC=C[N+]1(CC)C(C)O. The molecule has 0 aromatic rings. The molecule has 2 N–H and O–H groups in total. The van der Waals surface area contributed by atoms with Crippen molar-refractivity contribution in [3.8, 4) is 0 Å². The van der Waals surface area contributed by atoms with E-state index in [1.54, 1.807) is 0 Å². The third kappa shape index (κ3) is 3.33. The second-order valence-corrected chi connectivity index (χ2v) is 4.75. The zero-order valence-electron chi connectivity index (χ0n) is 11.4. The fourth-order valence-corrected chi connectivity index (χ4v) is 2.55. The van der Waals surface area contributed by atoms with Gasteiger partial charge in [-0.25, -0.2) is 0 Å². The van der Waals surface area contributed by atoms with Crippen LogP contribution in [0.1, 0.15) is 46.5 Å². The number of rotatable bonds is 7. The maximum absolute atomic E-state index is 9.98. The summed E-state index contributed by atoms with van der Waals surface area (Å²) in [7, 11) is 0. The van der Waals surface area contributed by atoms with E-state index >= 15 is 0 Å². The molecule has 0 radical (unpaired) electrons. The fraction of sp³-hybridized carbons (Fsp3) is 0.714. The molecule has 3 nitrogen and oxygen atoms in total. The Bertz CT molecular complexity index is 273. The van der Waals surface area contributed by atoms with Gasteiger partial charge in [-0.3, -0.25) is 4.48 Å². The van der Waals surface area contributed by atoms with Crippen LogP contribution in [0.5, 0.6) is 0 Å². The van der Waals surface area contributed by atoms with Crippen molar-refractivity contribution in [3.05, 3.63) is 24.6 Å². The van der Waals surface area contributed by atoms with Gasteiger partial charge in [0.05, 0.1) is 12.7 Å². The normalized spacial score (nSPS) is 29.8. The summed E-state index contributed by atoms with van der Waals surface area (Å²) in [6.07, 6.45) is 13.1. The molecule has 1 rings (SSSR count). The van der Waals surface area contributed by atoms with E-state index in [9.17, 15) is 5.11 Å². The van der Waals surface area contributed by atoms with Crippen LogP contribution in [0, 0.1) is 0 Å². The Morgan fingerprint density at radius 3 is 2.76 bits per heavy atom. The molecular weight excluding hydrogens is 212 g/mol. The molecule has 17 heavy (non-hydrogen) atoms. The van der Waals surface area contributed by atoms with E-state index in [2.05, 4.69) is 37.5 Å². The highest BCUT2D eigenvalue weighted by Crippen LogP contribution is 2.25. The Hall–Kier alpha value is -0.800. The van der Waals surface area contributed by atoms with Crippen LogP contribution in [0.2, 0.25) is 0 Å². The average molecular weight is 239 g/mol. The molecule has 1 aliphatic heterocycles. The highest BCUT2D eigenvalue weighted by molar-refractivity contribution is 4.86. The van der Waals surface area contributed by atoms with Gasteiger partial charge in [-0.2, -0.15) is 0 Å². The summed E-state index contributed by atoms with van der Waals surface area (Å²) < 4.78 is 0.650. The molecule has 0 aromatic carbocycles. The van der Waals surface area contributed by atoms with Crippen molar-refractivity contribution in [1.82, 2.24) is 5.32 Å². The lowest BCUT2D eigenvalue weighted by molar-refractivity contribution is -0.942. The van der Waals surface area contributed by atoms with Crippen molar-refractivity contribution >= 4 is 0 Å². The van der Waals surface area contributed by atoms with Gasteiger partial charge in [0.1, 0.15) is 6.20 Å². The first-order chi connectivity index (χ1) is 8.17. The van der Waals surface area contributed by atoms with Crippen molar-refractivity contribution in [1.29, 1.82) is 0 Å². The summed E-state index contributed by atoms with van der Waals surface area (Å²) in [6, 6.07) is 0. The molecule has 0 bridgehead atoms. The van der Waals surface area contributed by atoms with E-state index in [-0.39, 0.29) is 6.23 Å². The summed E-state index contributed by atoms with van der Waals surface area (Å²) in [5, 5.41) is 13.4. The van der Waals surface area contributed by atoms with Gasteiger partial charge in [0.15, 0.2) is 12.4 Å². The smallest absolute Gasteiger partial charge is 0.193 e. The van der Waals surface area contributed by atoms with Crippen molar-refractivity contribution < 1.29 is 9.59 Å². The lowest BCUT2D eigenvalue weighted by Crippen LogP contribution is -2.57. The van der Waals surface area contributed by atoms with Gasteiger partial charge in [0, 0.05) is 13.3 Å². The lowest BCUT2D eigenvalue weighted by Gasteiger charge is -2.39. The Kier molecular flexibility index (Phi) is 5.72. The molecular formula is C14H27N2O+. The second-order valence-electron chi connectivity index (χ2n) is 4.75. The number of nitrogens with zero attached hydrogens (tertiary/aromatic N) is 1. The first-order valence-corrected chi connectivity index (χ1v) is 6.81. The van der Waals surface area contributed by atoms with Crippen molar-refractivity contribution in [2.75, 3.05) is 6.54 Å². The summed E-state index contributed by atoms with van der Waals surface area (Å²) in [4.78, 5) is 0. The highest BCUT2D eigenvalue weighted by Gasteiger charge is 2.40. The summed E-state index contributed by atoms with van der Waals surface area (Å²) in [5.41, 5.74) is 0. The molecule has 0 saturated heterocycles. The van der Waals surface area contributed by atoms with Gasteiger partial charge < -0.3 is 10.4 Å². The van der Waals surface area contributed by atoms with Crippen LogP contribution in [-0.4, -0.2) is 28.5 Å². The van der Waals surface area contributed by atoms with Crippen molar-refractivity contribution in [2.24, 2.45) is 0 Å². The molecule has 1 heterocycles. The van der Waals surface area contributed by atoms with E-state index < -0.39 is 0 Å². The standard InChI is InChI=1S/C14H27N2O/c1-4-6-7-8-9-10-14-15-11-12-16(14,5-2)13(3)17/h6-7,11-15,17H,4-5,8-10H2,1-3H3/q+1/b7-6+. The third-order valence-electron chi connectivity index (χ3n) is 3.72. The lowest BCUT2D eigenvalue weighted by atomic mass is 10.1. The predicted molar refractivity (Wildman–Crippen MR) is 71.8 cm³/mol. The molecule has 1 aliphatic rings.